The number of anilines is 2. The third-order valence-corrected chi connectivity index (χ3v) is 9.99. The number of rotatable bonds is 6. The molecule has 2 aliphatic carbocycles. The van der Waals surface area contributed by atoms with Crippen LogP contribution >= 0.6 is 12.2 Å². The number of nitrogens with one attached hydrogen (secondary N) is 1. The maximum atomic E-state index is 15.5. The Morgan fingerprint density at radius 1 is 0.846 bits per heavy atom. The van der Waals surface area contributed by atoms with Crippen LogP contribution in [0.4, 0.5) is 15.8 Å². The monoisotopic (exact) mass is 720 g/mol. The van der Waals surface area contributed by atoms with Crippen LogP contribution < -0.4 is 21.1 Å². The van der Waals surface area contributed by atoms with Gasteiger partial charge in [-0.25, -0.2) is 14.0 Å². The fraction of sp³-hybridized carbons (Fsp3) is 0.184. The molecule has 0 unspecified atom stereocenters. The zero-order chi connectivity index (χ0) is 36.4. The van der Waals surface area contributed by atoms with E-state index in [4.69, 9.17) is 16.6 Å². The molecule has 1 aromatic heterocycles. The molecule has 4 aromatic rings. The van der Waals surface area contributed by atoms with Crippen molar-refractivity contribution >= 4 is 62.5 Å². The molecular formula is C38H29FN4O8S. The highest BCUT2D eigenvalue weighted by Gasteiger charge is 2.29. The molecule has 0 amide bonds. The van der Waals surface area contributed by atoms with E-state index in [9.17, 15) is 34.5 Å². The predicted octanol–water partition coefficient (Wildman–Crippen LogP) is 5.97. The van der Waals surface area contributed by atoms with E-state index in [1.165, 1.54) is 36.5 Å². The Kier molecular flexibility index (Phi) is 7.90. The molecule has 1 saturated heterocycles. The lowest BCUT2D eigenvalue weighted by molar-refractivity contribution is 0.0685. The number of carboxylic acid groups (broad SMARTS) is 2. The summed E-state index contributed by atoms with van der Waals surface area (Å²) in [6.45, 7) is 1.62. The lowest BCUT2D eigenvalue weighted by Gasteiger charge is -2.37. The van der Waals surface area contributed by atoms with Crippen LogP contribution in [-0.4, -0.2) is 68.0 Å². The molecular weight excluding hydrogens is 692 g/mol. The van der Waals surface area contributed by atoms with Crippen LogP contribution in [0.25, 0.3) is 44.3 Å². The SMILES string of the molecule is O=C(O)c1cc(NC(=S)N2CCN(c3cc4c(cc3F)c(=O)c(C(=O)O)cn4C3CC3)CC2)ccc1-c1c2ccc(=O)cc-2oc2cc(O)ccc12. The van der Waals surface area contributed by atoms with Gasteiger partial charge in [0.1, 0.15) is 28.5 Å². The number of hydrogen-bond donors (Lipinski definition) is 4. The largest absolute Gasteiger partial charge is 0.508 e. The molecule has 4 N–H and O–H groups in total. The highest BCUT2D eigenvalue weighted by molar-refractivity contribution is 7.80. The maximum absolute atomic E-state index is 15.5. The van der Waals surface area contributed by atoms with Gasteiger partial charge < -0.3 is 39.4 Å². The Balaban J connectivity index is 1.04. The number of piperazine rings is 1. The van der Waals surface area contributed by atoms with E-state index >= 15 is 4.39 Å². The summed E-state index contributed by atoms with van der Waals surface area (Å²) in [4.78, 5) is 53.1. The molecule has 0 atom stereocenters. The minimum atomic E-state index is -1.35. The number of aromatic carboxylic acids is 2. The van der Waals surface area contributed by atoms with E-state index in [0.29, 0.717) is 70.3 Å². The van der Waals surface area contributed by atoms with E-state index < -0.39 is 23.2 Å². The van der Waals surface area contributed by atoms with Crippen LogP contribution in [-0.2, 0) is 0 Å². The molecule has 2 fully saturated rings. The van der Waals surface area contributed by atoms with Gasteiger partial charge in [0.25, 0.3) is 0 Å². The van der Waals surface area contributed by atoms with Crippen molar-refractivity contribution in [3.8, 4) is 28.2 Å². The number of carboxylic acids is 2. The van der Waals surface area contributed by atoms with Crippen molar-refractivity contribution in [3.05, 3.63) is 110 Å². The summed E-state index contributed by atoms with van der Waals surface area (Å²) in [5.41, 5.74) is 1.51. The summed E-state index contributed by atoms with van der Waals surface area (Å²) in [6.07, 6.45) is 3.04. The summed E-state index contributed by atoms with van der Waals surface area (Å²) >= 11 is 5.71. The fourth-order valence-corrected chi connectivity index (χ4v) is 7.23. The van der Waals surface area contributed by atoms with E-state index in [1.54, 1.807) is 34.9 Å². The Hall–Kier alpha value is -6.28. The molecule has 262 valence electrons. The minimum absolute atomic E-state index is 0.0300. The first-order chi connectivity index (χ1) is 25.0. The van der Waals surface area contributed by atoms with Crippen LogP contribution in [0.3, 0.4) is 0 Å². The highest BCUT2D eigenvalue weighted by atomic mass is 32.1. The molecule has 0 radical (unpaired) electrons. The Morgan fingerprint density at radius 3 is 2.29 bits per heavy atom. The van der Waals surface area contributed by atoms with Crippen molar-refractivity contribution in [2.45, 2.75) is 18.9 Å². The van der Waals surface area contributed by atoms with Gasteiger partial charge in [-0.05, 0) is 79.2 Å². The van der Waals surface area contributed by atoms with Crippen LogP contribution in [0.5, 0.6) is 5.75 Å². The summed E-state index contributed by atoms with van der Waals surface area (Å²) < 4.78 is 23.2. The molecule has 2 aliphatic heterocycles. The number of aromatic nitrogens is 1. The molecule has 14 heteroatoms. The Labute approximate surface area is 298 Å². The minimum Gasteiger partial charge on any atom is -0.508 e. The number of thiocarbonyl (C=S) groups is 1. The molecule has 8 rings (SSSR count). The van der Waals surface area contributed by atoms with Gasteiger partial charge in [0.05, 0.1) is 16.8 Å². The second kappa shape index (κ2) is 12.5. The summed E-state index contributed by atoms with van der Waals surface area (Å²) in [7, 11) is 0. The third-order valence-electron chi connectivity index (χ3n) is 9.63. The first-order valence-electron chi connectivity index (χ1n) is 16.5. The van der Waals surface area contributed by atoms with Gasteiger partial charge in [-0.1, -0.05) is 6.07 Å². The summed E-state index contributed by atoms with van der Waals surface area (Å²) in [5.74, 6) is -2.97. The Morgan fingerprint density at radius 2 is 1.58 bits per heavy atom. The number of halogens is 1. The van der Waals surface area contributed by atoms with Crippen molar-refractivity contribution in [3.63, 3.8) is 0 Å². The van der Waals surface area contributed by atoms with Crippen molar-refractivity contribution in [2.75, 3.05) is 36.4 Å². The fourth-order valence-electron chi connectivity index (χ4n) is 6.93. The number of benzene rings is 4. The zero-order valence-corrected chi connectivity index (χ0v) is 28.1. The van der Waals surface area contributed by atoms with E-state index in [0.717, 1.165) is 18.9 Å². The van der Waals surface area contributed by atoms with Gasteiger partial charge in [-0.15, -0.1) is 0 Å². The van der Waals surface area contributed by atoms with Gasteiger partial charge in [-0.2, -0.15) is 0 Å². The van der Waals surface area contributed by atoms with Crippen molar-refractivity contribution < 1.29 is 33.7 Å². The summed E-state index contributed by atoms with van der Waals surface area (Å²) in [6, 6.07) is 16.4. The van der Waals surface area contributed by atoms with Crippen molar-refractivity contribution in [1.29, 1.82) is 0 Å². The molecule has 0 spiro atoms. The molecule has 52 heavy (non-hydrogen) atoms. The first-order valence-corrected chi connectivity index (χ1v) is 16.9. The zero-order valence-electron chi connectivity index (χ0n) is 27.3. The smallest absolute Gasteiger partial charge is 0.341 e. The quantitative estimate of drug-likeness (QED) is 0.118. The van der Waals surface area contributed by atoms with Crippen LogP contribution in [0.2, 0.25) is 0 Å². The molecule has 3 heterocycles. The maximum Gasteiger partial charge on any atom is 0.341 e. The normalized spacial score (nSPS) is 14.6. The van der Waals surface area contributed by atoms with Gasteiger partial charge in [-0.3, -0.25) is 9.59 Å². The van der Waals surface area contributed by atoms with Gasteiger partial charge in [0.2, 0.25) is 5.43 Å². The molecule has 12 nitrogen and oxygen atoms in total. The van der Waals surface area contributed by atoms with E-state index in [2.05, 4.69) is 5.32 Å². The number of carbonyl (C=O) groups is 2. The second-order valence-corrected chi connectivity index (χ2v) is 13.3. The Bertz CT molecular complexity index is 2590. The standard InChI is InChI=1S/C38H29FN4O8S/c39-29-16-27-30(43(20-2-3-20)18-28(35(27)46)37(49)50)17-31(29)41-9-11-42(12-10-41)38(52)40-19-1-6-23(26(13-19)36(47)48)34-24-7-4-21(44)14-32(24)51-33-15-22(45)5-8-25(33)34/h1,4-8,13-18,20,44H,2-3,9-12H2,(H,40,52)(H,47,48)(H,49,50). The average Bonchev–Trinajstić information content (AvgIpc) is 3.96. The van der Waals surface area contributed by atoms with E-state index in [-0.39, 0.29) is 45.1 Å². The number of fused-ring (bicyclic) bond motifs is 3. The third kappa shape index (κ3) is 5.76. The lowest BCUT2D eigenvalue weighted by Crippen LogP contribution is -2.50. The van der Waals surface area contributed by atoms with Gasteiger partial charge in [0.15, 0.2) is 10.5 Å². The topological polar surface area (TPSA) is 166 Å². The molecule has 0 bridgehead atoms. The lowest BCUT2D eigenvalue weighted by atomic mass is 9.90. The molecule has 4 aliphatic rings. The highest BCUT2D eigenvalue weighted by Crippen LogP contribution is 2.43. The summed E-state index contributed by atoms with van der Waals surface area (Å²) in [5, 5.41) is 34.0. The number of hydrogen-bond acceptors (Lipinski definition) is 8. The van der Waals surface area contributed by atoms with Crippen molar-refractivity contribution in [1.82, 2.24) is 9.47 Å². The number of pyridine rings is 1. The van der Waals surface area contributed by atoms with Gasteiger partial charge in [0, 0.05) is 78.1 Å². The van der Waals surface area contributed by atoms with Gasteiger partial charge >= 0.3 is 11.9 Å². The molecule has 1 saturated carbocycles. The van der Waals surface area contributed by atoms with Crippen molar-refractivity contribution in [2.24, 2.45) is 0 Å². The number of phenolic OH excluding ortho intramolecular Hbond substituents is 1. The predicted molar refractivity (Wildman–Crippen MR) is 197 cm³/mol. The second-order valence-electron chi connectivity index (χ2n) is 12.9. The van der Waals surface area contributed by atoms with Crippen LogP contribution in [0.15, 0.2) is 86.9 Å². The van der Waals surface area contributed by atoms with Crippen LogP contribution in [0, 0.1) is 5.82 Å². The number of aromatic hydroxyl groups is 1. The first kappa shape index (κ1) is 32.9. The molecule has 3 aromatic carbocycles. The average molecular weight is 721 g/mol. The number of phenols is 1. The van der Waals surface area contributed by atoms with Crippen LogP contribution in [0.1, 0.15) is 39.6 Å². The number of nitrogens with zero attached hydrogens (tertiary/aromatic N) is 3. The van der Waals surface area contributed by atoms with E-state index in [1.807, 2.05) is 9.80 Å².